The molecule has 1 aromatic carbocycles. The molecule has 19 heavy (non-hydrogen) atoms. The van der Waals surface area contributed by atoms with Gasteiger partial charge in [0.2, 0.25) is 5.91 Å². The fourth-order valence-corrected chi connectivity index (χ4v) is 1.41. The summed E-state index contributed by atoms with van der Waals surface area (Å²) in [4.78, 5) is 22.6. The Balaban J connectivity index is 2.73. The van der Waals surface area contributed by atoms with Crippen LogP contribution in [0.1, 0.15) is 30.6 Å². The van der Waals surface area contributed by atoms with Crippen molar-refractivity contribution >= 4 is 17.6 Å². The smallest absolute Gasteiger partial charge is 0.337 e. The number of carbonyl (C=O) groups excluding carboxylic acids is 1. The van der Waals surface area contributed by atoms with Gasteiger partial charge in [0.25, 0.3) is 0 Å². The largest absolute Gasteiger partial charge is 0.478 e. The summed E-state index contributed by atoms with van der Waals surface area (Å²) in [5.74, 6) is -2.23. The summed E-state index contributed by atoms with van der Waals surface area (Å²) in [7, 11) is 0. The van der Waals surface area contributed by atoms with Gasteiger partial charge in [0.05, 0.1) is 17.8 Å². The van der Waals surface area contributed by atoms with Crippen molar-refractivity contribution in [2.45, 2.75) is 26.3 Å². The normalized spacial score (nSPS) is 11.9. The van der Waals surface area contributed by atoms with E-state index in [2.05, 4.69) is 10.6 Å². The van der Waals surface area contributed by atoms with Crippen molar-refractivity contribution in [3.05, 3.63) is 29.6 Å². The second-order valence-corrected chi connectivity index (χ2v) is 4.23. The second kappa shape index (κ2) is 6.84. The topological polar surface area (TPSA) is 78.4 Å². The number of carboxylic acids is 1. The highest BCUT2D eigenvalue weighted by Gasteiger charge is 2.13. The minimum absolute atomic E-state index is 0.0385. The first-order chi connectivity index (χ1) is 8.93. The highest BCUT2D eigenvalue weighted by Crippen LogP contribution is 2.17. The van der Waals surface area contributed by atoms with Gasteiger partial charge in [-0.05, 0) is 31.5 Å². The van der Waals surface area contributed by atoms with Crippen LogP contribution in [0, 0.1) is 5.82 Å². The molecular formula is C13H17FN2O3. The molecule has 5 nitrogen and oxygen atoms in total. The Morgan fingerprint density at radius 1 is 1.42 bits per heavy atom. The first kappa shape index (κ1) is 15.1. The van der Waals surface area contributed by atoms with E-state index < -0.39 is 17.7 Å². The predicted molar refractivity (Wildman–Crippen MR) is 69.7 cm³/mol. The van der Waals surface area contributed by atoms with E-state index in [-0.39, 0.29) is 23.8 Å². The summed E-state index contributed by atoms with van der Waals surface area (Å²) in [6.07, 6.45) is 0.869. The number of carbonyl (C=O) groups is 2. The molecule has 0 bridgehead atoms. The van der Waals surface area contributed by atoms with Crippen molar-refractivity contribution < 1.29 is 19.1 Å². The van der Waals surface area contributed by atoms with Crippen LogP contribution in [0.2, 0.25) is 0 Å². The quantitative estimate of drug-likeness (QED) is 0.735. The Morgan fingerprint density at radius 3 is 2.68 bits per heavy atom. The first-order valence-corrected chi connectivity index (χ1v) is 6.00. The van der Waals surface area contributed by atoms with Gasteiger partial charge in [-0.25, -0.2) is 9.18 Å². The fourth-order valence-electron chi connectivity index (χ4n) is 1.41. The number of hydrogen-bond acceptors (Lipinski definition) is 3. The van der Waals surface area contributed by atoms with E-state index in [1.54, 1.807) is 0 Å². The third kappa shape index (κ3) is 4.67. The lowest BCUT2D eigenvalue weighted by atomic mass is 10.1. The zero-order valence-corrected chi connectivity index (χ0v) is 10.9. The molecule has 1 atom stereocenters. The highest BCUT2D eigenvalue weighted by atomic mass is 19.1. The summed E-state index contributed by atoms with van der Waals surface area (Å²) in [5.41, 5.74) is -0.179. The Morgan fingerprint density at radius 2 is 2.11 bits per heavy atom. The van der Waals surface area contributed by atoms with Gasteiger partial charge in [-0.3, -0.25) is 4.79 Å². The van der Waals surface area contributed by atoms with E-state index in [9.17, 15) is 14.0 Å². The predicted octanol–water partition coefficient (Wildman–Crippen LogP) is 1.85. The van der Waals surface area contributed by atoms with Crippen molar-refractivity contribution in [3.8, 4) is 0 Å². The van der Waals surface area contributed by atoms with E-state index in [0.717, 1.165) is 24.6 Å². The number of hydrogen-bond donors (Lipinski definition) is 3. The zero-order valence-electron chi connectivity index (χ0n) is 10.9. The number of halogens is 1. The minimum atomic E-state index is -1.22. The van der Waals surface area contributed by atoms with Gasteiger partial charge in [-0.15, -0.1) is 0 Å². The molecule has 1 unspecified atom stereocenters. The van der Waals surface area contributed by atoms with Crippen molar-refractivity contribution in [1.29, 1.82) is 0 Å². The van der Waals surface area contributed by atoms with Gasteiger partial charge >= 0.3 is 5.97 Å². The van der Waals surface area contributed by atoms with E-state index in [1.807, 2.05) is 13.8 Å². The Kier molecular flexibility index (Phi) is 5.44. The number of amides is 1. The van der Waals surface area contributed by atoms with Gasteiger partial charge in [0.1, 0.15) is 5.82 Å². The average Bonchev–Trinajstić information content (AvgIpc) is 2.35. The van der Waals surface area contributed by atoms with E-state index in [0.29, 0.717) is 0 Å². The lowest BCUT2D eigenvalue weighted by molar-refractivity contribution is -0.115. The van der Waals surface area contributed by atoms with Crippen LogP contribution in [0.15, 0.2) is 18.2 Å². The molecule has 0 aromatic heterocycles. The monoisotopic (exact) mass is 268 g/mol. The Bertz CT molecular complexity index is 477. The van der Waals surface area contributed by atoms with Gasteiger partial charge in [0, 0.05) is 6.04 Å². The van der Waals surface area contributed by atoms with E-state index >= 15 is 0 Å². The number of rotatable bonds is 6. The maximum absolute atomic E-state index is 13.1. The molecule has 1 rings (SSSR count). The molecule has 0 aliphatic carbocycles. The second-order valence-electron chi connectivity index (χ2n) is 4.23. The lowest BCUT2D eigenvalue weighted by Crippen LogP contribution is -2.34. The molecule has 0 heterocycles. The van der Waals surface area contributed by atoms with E-state index in [1.165, 1.54) is 0 Å². The van der Waals surface area contributed by atoms with Crippen LogP contribution in [-0.2, 0) is 4.79 Å². The molecule has 0 spiro atoms. The lowest BCUT2D eigenvalue weighted by Gasteiger charge is -2.12. The Labute approximate surface area is 110 Å². The zero-order chi connectivity index (χ0) is 14.4. The Hall–Kier alpha value is -1.95. The maximum atomic E-state index is 13.1. The number of carboxylic acid groups (broad SMARTS) is 1. The van der Waals surface area contributed by atoms with Gasteiger partial charge in [0.15, 0.2) is 0 Å². The van der Waals surface area contributed by atoms with Crippen LogP contribution in [0.5, 0.6) is 0 Å². The highest BCUT2D eigenvalue weighted by molar-refractivity contribution is 6.01. The molecule has 104 valence electrons. The van der Waals surface area contributed by atoms with Gasteiger partial charge < -0.3 is 15.7 Å². The molecule has 6 heteroatoms. The van der Waals surface area contributed by atoms with Gasteiger partial charge in [-0.1, -0.05) is 6.92 Å². The van der Waals surface area contributed by atoms with Crippen LogP contribution < -0.4 is 10.6 Å². The van der Waals surface area contributed by atoms with Crippen LogP contribution in [-0.4, -0.2) is 29.6 Å². The maximum Gasteiger partial charge on any atom is 0.337 e. The number of benzene rings is 1. The summed E-state index contributed by atoms with van der Waals surface area (Å²) in [6.45, 7) is 3.95. The number of anilines is 1. The standard InChI is InChI=1S/C13H17FN2O3/c1-3-8(2)15-7-12(17)16-11-6-9(14)4-5-10(11)13(18)19/h4-6,8,15H,3,7H2,1-2H3,(H,16,17)(H,18,19). The van der Waals surface area contributed by atoms with Crippen LogP contribution in [0.4, 0.5) is 10.1 Å². The van der Waals surface area contributed by atoms with Crippen molar-refractivity contribution in [2.75, 3.05) is 11.9 Å². The average molecular weight is 268 g/mol. The molecular weight excluding hydrogens is 251 g/mol. The van der Waals surface area contributed by atoms with Crippen molar-refractivity contribution in [1.82, 2.24) is 5.32 Å². The minimum Gasteiger partial charge on any atom is -0.478 e. The summed E-state index contributed by atoms with van der Waals surface area (Å²) in [6, 6.07) is 3.33. The molecule has 0 saturated carbocycles. The molecule has 0 aliphatic rings. The SMILES string of the molecule is CCC(C)NCC(=O)Nc1cc(F)ccc1C(=O)O. The summed E-state index contributed by atoms with van der Waals surface area (Å²) in [5, 5.41) is 14.3. The van der Waals surface area contributed by atoms with E-state index in [4.69, 9.17) is 5.11 Å². The molecule has 0 aliphatic heterocycles. The third-order valence-electron chi connectivity index (χ3n) is 2.71. The molecule has 1 amide bonds. The number of nitrogens with one attached hydrogen (secondary N) is 2. The summed E-state index contributed by atoms with van der Waals surface area (Å²) < 4.78 is 13.1. The molecule has 3 N–H and O–H groups in total. The molecule has 0 fully saturated rings. The fraction of sp³-hybridized carbons (Fsp3) is 0.385. The first-order valence-electron chi connectivity index (χ1n) is 6.00. The number of aromatic carboxylic acids is 1. The molecule has 0 saturated heterocycles. The van der Waals surface area contributed by atoms with Crippen molar-refractivity contribution in [2.24, 2.45) is 0 Å². The van der Waals surface area contributed by atoms with Crippen molar-refractivity contribution in [3.63, 3.8) is 0 Å². The molecule has 0 radical (unpaired) electrons. The summed E-state index contributed by atoms with van der Waals surface area (Å²) >= 11 is 0. The van der Waals surface area contributed by atoms with Crippen LogP contribution in [0.25, 0.3) is 0 Å². The third-order valence-corrected chi connectivity index (χ3v) is 2.71. The van der Waals surface area contributed by atoms with Gasteiger partial charge in [-0.2, -0.15) is 0 Å². The van der Waals surface area contributed by atoms with Crippen LogP contribution >= 0.6 is 0 Å². The molecule has 1 aromatic rings. The van der Waals surface area contributed by atoms with Crippen LogP contribution in [0.3, 0.4) is 0 Å².